The summed E-state index contributed by atoms with van der Waals surface area (Å²) in [6.45, 7) is 0. The number of aromatic nitrogens is 4. The Kier molecular flexibility index (Phi) is 6.22. The molecule has 0 fully saturated rings. The summed E-state index contributed by atoms with van der Waals surface area (Å²) in [6, 6.07) is 65.4. The summed E-state index contributed by atoms with van der Waals surface area (Å²) < 4.78 is 3.57. The Balaban J connectivity index is 1.30. The molecule has 0 bridgehead atoms. The molecular formula is C52H30N4S. The van der Waals surface area contributed by atoms with E-state index in [1.165, 1.54) is 49.2 Å². The molecule has 5 heteroatoms. The highest BCUT2D eigenvalue weighted by Crippen LogP contribution is 2.66. The highest BCUT2D eigenvalue weighted by molar-refractivity contribution is 7.22. The van der Waals surface area contributed by atoms with Gasteiger partial charge in [-0.1, -0.05) is 170 Å². The van der Waals surface area contributed by atoms with Crippen LogP contribution < -0.4 is 0 Å². The van der Waals surface area contributed by atoms with Crippen molar-refractivity contribution in [1.82, 2.24) is 19.5 Å². The van der Waals surface area contributed by atoms with Gasteiger partial charge in [0.25, 0.3) is 0 Å². The van der Waals surface area contributed by atoms with Crippen LogP contribution in [0.5, 0.6) is 0 Å². The van der Waals surface area contributed by atoms with E-state index in [4.69, 9.17) is 15.0 Å². The SMILES string of the molecule is c1ccc(-c2nc3c(s2)c2c(c4c3c3ccccc3n4-c3nc(-c4ccccc4)c4ccccc4n3)C3(c4ccccc4-c4ccccc43)c3ccccc3-2)cc1. The minimum atomic E-state index is -0.603. The number of para-hydroxylation sites is 2. The zero-order valence-corrected chi connectivity index (χ0v) is 31.3. The van der Waals surface area contributed by atoms with Crippen LogP contribution in [0.2, 0.25) is 0 Å². The molecule has 0 atom stereocenters. The van der Waals surface area contributed by atoms with Crippen molar-refractivity contribution in [1.29, 1.82) is 0 Å². The Morgan fingerprint density at radius 3 is 1.75 bits per heavy atom. The quantitative estimate of drug-likeness (QED) is 0.181. The predicted molar refractivity (Wildman–Crippen MR) is 234 cm³/mol. The van der Waals surface area contributed by atoms with Crippen LogP contribution in [-0.4, -0.2) is 19.5 Å². The molecule has 11 aromatic rings. The van der Waals surface area contributed by atoms with E-state index in [9.17, 15) is 0 Å². The minimum absolute atomic E-state index is 0.603. The molecule has 3 aromatic heterocycles. The Bertz CT molecular complexity index is 3430. The van der Waals surface area contributed by atoms with Gasteiger partial charge in [0.1, 0.15) is 5.01 Å². The lowest BCUT2D eigenvalue weighted by Crippen LogP contribution is -2.26. The lowest BCUT2D eigenvalue weighted by molar-refractivity contribution is 0.796. The normalized spacial score (nSPS) is 13.4. The molecule has 4 nitrogen and oxygen atoms in total. The monoisotopic (exact) mass is 742 g/mol. The minimum Gasteiger partial charge on any atom is -0.277 e. The lowest BCUT2D eigenvalue weighted by Gasteiger charge is -2.31. The highest BCUT2D eigenvalue weighted by Gasteiger charge is 2.54. The number of fused-ring (bicyclic) bond motifs is 18. The maximum atomic E-state index is 5.60. The van der Waals surface area contributed by atoms with Crippen molar-refractivity contribution < 1.29 is 0 Å². The second-order valence-corrected chi connectivity index (χ2v) is 16.0. The third-order valence-corrected chi connectivity index (χ3v) is 13.4. The first-order chi connectivity index (χ1) is 28.3. The topological polar surface area (TPSA) is 43.6 Å². The fourth-order valence-corrected chi connectivity index (χ4v) is 11.2. The summed E-state index contributed by atoms with van der Waals surface area (Å²) in [6.07, 6.45) is 0. The van der Waals surface area contributed by atoms with Crippen LogP contribution >= 0.6 is 11.3 Å². The standard InChI is InChI=1S/C52H30N4S/c1-3-17-31(18-4-1)46-36-24-10-15-29-41(36)53-51(55-46)56-42-30-16-11-25-37(42)44-47-49(57-50(54-47)32-19-5-2-6-20-32)43-35-23-9-14-28-40(35)52(45(43)48(44)56)38-26-12-7-21-33(38)34-22-8-13-27-39(34)52/h1-30H. The summed E-state index contributed by atoms with van der Waals surface area (Å²) in [7, 11) is 0. The molecule has 0 saturated heterocycles. The van der Waals surface area contributed by atoms with Crippen LogP contribution in [0.25, 0.3) is 93.0 Å². The number of rotatable bonds is 3. The van der Waals surface area contributed by atoms with Crippen LogP contribution in [0.1, 0.15) is 22.3 Å². The Labute approximate surface area is 332 Å². The van der Waals surface area contributed by atoms with Crippen molar-refractivity contribution in [2.45, 2.75) is 5.41 Å². The van der Waals surface area contributed by atoms with E-state index < -0.39 is 5.41 Å². The molecule has 8 aromatic carbocycles. The molecule has 0 unspecified atom stereocenters. The summed E-state index contributed by atoms with van der Waals surface area (Å²) in [5.41, 5.74) is 16.7. The van der Waals surface area contributed by atoms with E-state index in [-0.39, 0.29) is 0 Å². The molecule has 2 aliphatic carbocycles. The molecule has 0 aliphatic heterocycles. The second-order valence-electron chi connectivity index (χ2n) is 15.0. The average Bonchev–Trinajstić information content (AvgIpc) is 4.03. The van der Waals surface area contributed by atoms with Gasteiger partial charge in [0.15, 0.2) is 0 Å². The summed E-state index contributed by atoms with van der Waals surface area (Å²) in [5, 5.41) is 4.30. The smallest absolute Gasteiger partial charge is 0.235 e. The van der Waals surface area contributed by atoms with Gasteiger partial charge in [0.05, 0.1) is 37.9 Å². The van der Waals surface area contributed by atoms with Crippen LogP contribution in [0.4, 0.5) is 0 Å². The fourth-order valence-electron chi connectivity index (χ4n) is 10.1. The second kappa shape index (κ2) is 11.4. The Morgan fingerprint density at radius 2 is 1.04 bits per heavy atom. The third kappa shape index (κ3) is 3.98. The first-order valence-electron chi connectivity index (χ1n) is 19.4. The Morgan fingerprint density at radius 1 is 0.474 bits per heavy atom. The third-order valence-electron chi connectivity index (χ3n) is 12.2. The van der Waals surface area contributed by atoms with Gasteiger partial charge < -0.3 is 0 Å². The van der Waals surface area contributed by atoms with Gasteiger partial charge in [0.2, 0.25) is 5.95 Å². The van der Waals surface area contributed by atoms with Gasteiger partial charge in [0, 0.05) is 38.4 Å². The summed E-state index contributed by atoms with van der Waals surface area (Å²) in [5.74, 6) is 0.643. The molecular weight excluding hydrogens is 713 g/mol. The van der Waals surface area contributed by atoms with Crippen LogP contribution in [-0.2, 0) is 5.41 Å². The maximum Gasteiger partial charge on any atom is 0.235 e. The zero-order chi connectivity index (χ0) is 37.2. The van der Waals surface area contributed by atoms with Crippen LogP contribution in [0, 0.1) is 0 Å². The maximum absolute atomic E-state index is 5.60. The number of benzene rings is 8. The number of hydrogen-bond donors (Lipinski definition) is 0. The number of hydrogen-bond acceptors (Lipinski definition) is 4. The predicted octanol–water partition coefficient (Wildman–Crippen LogP) is 13.0. The van der Waals surface area contributed by atoms with Crippen LogP contribution in [0.15, 0.2) is 182 Å². The summed E-state index contributed by atoms with van der Waals surface area (Å²) >= 11 is 1.80. The molecule has 1 spiro atoms. The molecule has 13 rings (SSSR count). The van der Waals surface area contributed by atoms with E-state index in [1.54, 1.807) is 11.3 Å². The molecule has 57 heavy (non-hydrogen) atoms. The van der Waals surface area contributed by atoms with Gasteiger partial charge in [-0.15, -0.1) is 11.3 Å². The first kappa shape index (κ1) is 31.0. The lowest BCUT2D eigenvalue weighted by atomic mass is 9.70. The number of thiazole rings is 1. The van der Waals surface area contributed by atoms with Crippen molar-refractivity contribution in [3.63, 3.8) is 0 Å². The molecule has 0 amide bonds. The molecule has 264 valence electrons. The van der Waals surface area contributed by atoms with Gasteiger partial charge in [-0.2, -0.15) is 0 Å². The molecule has 0 N–H and O–H groups in total. The molecule has 0 radical (unpaired) electrons. The molecule has 0 saturated carbocycles. The average molecular weight is 743 g/mol. The van der Waals surface area contributed by atoms with Crippen molar-refractivity contribution in [3.8, 4) is 50.0 Å². The van der Waals surface area contributed by atoms with Gasteiger partial charge in [-0.3, -0.25) is 4.57 Å². The van der Waals surface area contributed by atoms with E-state index in [2.05, 4.69) is 187 Å². The molecule has 3 heterocycles. The number of nitrogens with zero attached hydrogens (tertiary/aromatic N) is 4. The van der Waals surface area contributed by atoms with Gasteiger partial charge in [-0.05, 0) is 45.5 Å². The largest absolute Gasteiger partial charge is 0.277 e. The van der Waals surface area contributed by atoms with E-state index >= 15 is 0 Å². The fraction of sp³-hybridized carbons (Fsp3) is 0.0192. The van der Waals surface area contributed by atoms with Crippen molar-refractivity contribution >= 4 is 54.3 Å². The Hall–Kier alpha value is -7.21. The zero-order valence-electron chi connectivity index (χ0n) is 30.5. The van der Waals surface area contributed by atoms with E-state index in [0.717, 1.165) is 60.1 Å². The van der Waals surface area contributed by atoms with Crippen molar-refractivity contribution in [3.05, 3.63) is 204 Å². The van der Waals surface area contributed by atoms with Crippen molar-refractivity contribution in [2.75, 3.05) is 0 Å². The first-order valence-corrected chi connectivity index (χ1v) is 20.2. The summed E-state index contributed by atoms with van der Waals surface area (Å²) in [4.78, 5) is 16.6. The van der Waals surface area contributed by atoms with E-state index in [0.29, 0.717) is 5.95 Å². The van der Waals surface area contributed by atoms with Gasteiger partial charge >= 0.3 is 0 Å². The van der Waals surface area contributed by atoms with E-state index in [1.807, 2.05) is 0 Å². The van der Waals surface area contributed by atoms with Crippen LogP contribution in [0.3, 0.4) is 0 Å². The van der Waals surface area contributed by atoms with Crippen molar-refractivity contribution in [2.24, 2.45) is 0 Å². The highest BCUT2D eigenvalue weighted by atomic mass is 32.1. The van der Waals surface area contributed by atoms with Gasteiger partial charge in [-0.25, -0.2) is 15.0 Å². The molecule has 2 aliphatic rings.